The van der Waals surface area contributed by atoms with Gasteiger partial charge in [0, 0.05) is 11.3 Å². The van der Waals surface area contributed by atoms with Crippen molar-refractivity contribution in [3.63, 3.8) is 0 Å². The number of hydrazone groups is 1. The van der Waals surface area contributed by atoms with Crippen molar-refractivity contribution >= 4 is 24.2 Å². The standard InChI is InChI=1S/C30H32N4O9/c1-5-41-24-14-20(27-26(29(37)40-4)17(2)32-30(38)33-27)10-12-23(24)42-16-25(35)34-31-15-21-11-13-22(43-21)18-6-8-19(9-7-18)28(36)39-3/h6-15,25,27,34-35H,5,16H2,1-4H3,(H2,32,33,38)/b31-15+/t25-,27-/m1/s1. The summed E-state index contributed by atoms with van der Waals surface area (Å²) in [6.45, 7) is 3.56. The molecule has 226 valence electrons. The van der Waals surface area contributed by atoms with Crippen molar-refractivity contribution in [1.82, 2.24) is 16.1 Å². The monoisotopic (exact) mass is 592 g/mol. The highest BCUT2D eigenvalue weighted by atomic mass is 16.5. The van der Waals surface area contributed by atoms with Crippen molar-refractivity contribution < 1.29 is 42.9 Å². The zero-order valence-electron chi connectivity index (χ0n) is 24.0. The molecule has 1 aliphatic rings. The number of furan rings is 1. The molecule has 0 saturated heterocycles. The van der Waals surface area contributed by atoms with Gasteiger partial charge in [-0.25, -0.2) is 14.4 Å². The zero-order valence-corrected chi connectivity index (χ0v) is 24.0. The third-order valence-electron chi connectivity index (χ3n) is 6.30. The maximum Gasteiger partial charge on any atom is 0.337 e. The number of carbonyl (C=O) groups is 3. The molecule has 4 N–H and O–H groups in total. The van der Waals surface area contributed by atoms with Gasteiger partial charge in [0.1, 0.15) is 18.1 Å². The molecule has 0 unspecified atom stereocenters. The highest BCUT2D eigenvalue weighted by Gasteiger charge is 2.32. The molecule has 2 aromatic carbocycles. The number of allylic oxidation sites excluding steroid dienone is 1. The minimum atomic E-state index is -1.18. The van der Waals surface area contributed by atoms with E-state index in [1.165, 1.54) is 20.4 Å². The molecule has 0 fully saturated rings. The minimum absolute atomic E-state index is 0.177. The van der Waals surface area contributed by atoms with E-state index in [1.54, 1.807) is 68.4 Å². The number of hydrogen-bond donors (Lipinski definition) is 4. The molecule has 0 saturated carbocycles. The fourth-order valence-corrected chi connectivity index (χ4v) is 4.27. The summed E-state index contributed by atoms with van der Waals surface area (Å²) in [6.07, 6.45) is 0.225. The van der Waals surface area contributed by atoms with Crippen molar-refractivity contribution in [2.24, 2.45) is 5.10 Å². The Morgan fingerprint density at radius 2 is 1.79 bits per heavy atom. The van der Waals surface area contributed by atoms with Gasteiger partial charge in [0.15, 0.2) is 17.7 Å². The molecular formula is C30H32N4O9. The van der Waals surface area contributed by atoms with E-state index in [1.807, 2.05) is 0 Å². The molecule has 43 heavy (non-hydrogen) atoms. The molecule has 1 aliphatic heterocycles. The van der Waals surface area contributed by atoms with Crippen molar-refractivity contribution in [2.75, 3.05) is 27.4 Å². The molecule has 13 nitrogen and oxygen atoms in total. The summed E-state index contributed by atoms with van der Waals surface area (Å²) in [6, 6.07) is 14.0. The van der Waals surface area contributed by atoms with Gasteiger partial charge in [-0.1, -0.05) is 18.2 Å². The second-order valence-electron chi connectivity index (χ2n) is 9.19. The van der Waals surface area contributed by atoms with Gasteiger partial charge in [-0.05, 0) is 55.8 Å². The van der Waals surface area contributed by atoms with E-state index in [9.17, 15) is 19.5 Å². The molecule has 2 atom stereocenters. The highest BCUT2D eigenvalue weighted by molar-refractivity contribution is 5.95. The number of nitrogens with zero attached hydrogens (tertiary/aromatic N) is 1. The van der Waals surface area contributed by atoms with Crippen molar-refractivity contribution in [3.8, 4) is 22.8 Å². The van der Waals surface area contributed by atoms with Crippen molar-refractivity contribution in [1.29, 1.82) is 0 Å². The lowest BCUT2D eigenvalue weighted by atomic mass is 9.95. The van der Waals surface area contributed by atoms with E-state index in [2.05, 4.69) is 21.2 Å². The van der Waals surface area contributed by atoms with Crippen LogP contribution >= 0.6 is 0 Å². The second-order valence-corrected chi connectivity index (χ2v) is 9.19. The van der Waals surface area contributed by atoms with E-state index < -0.39 is 30.2 Å². The van der Waals surface area contributed by atoms with E-state index in [4.69, 9.17) is 23.4 Å². The quantitative estimate of drug-likeness (QED) is 0.106. The van der Waals surface area contributed by atoms with Crippen LogP contribution in [0, 0.1) is 0 Å². The zero-order chi connectivity index (χ0) is 30.9. The van der Waals surface area contributed by atoms with Crippen LogP contribution in [0.3, 0.4) is 0 Å². The van der Waals surface area contributed by atoms with E-state index in [0.717, 1.165) is 5.56 Å². The second kappa shape index (κ2) is 14.0. The number of esters is 2. The number of aliphatic hydroxyl groups is 1. The van der Waals surface area contributed by atoms with Gasteiger partial charge < -0.3 is 39.1 Å². The van der Waals surface area contributed by atoms with Gasteiger partial charge >= 0.3 is 18.0 Å². The minimum Gasteiger partial charge on any atom is -0.490 e. The number of aliphatic hydroxyl groups excluding tert-OH is 1. The number of methoxy groups -OCH3 is 2. The lowest BCUT2D eigenvalue weighted by Crippen LogP contribution is -2.45. The molecule has 0 spiro atoms. The summed E-state index contributed by atoms with van der Waals surface area (Å²) >= 11 is 0. The maximum atomic E-state index is 12.4. The summed E-state index contributed by atoms with van der Waals surface area (Å²) in [5.74, 6) is 0.693. The molecule has 0 bridgehead atoms. The highest BCUT2D eigenvalue weighted by Crippen LogP contribution is 2.35. The first kappa shape index (κ1) is 30.7. The Kier molecular flexibility index (Phi) is 10.0. The summed E-state index contributed by atoms with van der Waals surface area (Å²) in [7, 11) is 2.59. The Morgan fingerprint density at radius 3 is 2.49 bits per heavy atom. The topological polar surface area (TPSA) is 170 Å². The van der Waals surface area contributed by atoms with Crippen LogP contribution in [-0.4, -0.2) is 63.0 Å². The number of nitrogens with one attached hydrogen (secondary N) is 3. The van der Waals surface area contributed by atoms with Gasteiger partial charge in [0.2, 0.25) is 0 Å². The molecule has 2 amide bonds. The number of benzene rings is 2. The lowest BCUT2D eigenvalue weighted by Gasteiger charge is -2.28. The number of amides is 2. The average Bonchev–Trinajstić information content (AvgIpc) is 3.48. The van der Waals surface area contributed by atoms with Crippen LogP contribution in [0.15, 0.2) is 75.4 Å². The molecule has 0 radical (unpaired) electrons. The van der Waals surface area contributed by atoms with E-state index in [-0.39, 0.29) is 12.2 Å². The predicted molar refractivity (Wildman–Crippen MR) is 154 cm³/mol. The number of hydrogen-bond acceptors (Lipinski definition) is 11. The average molecular weight is 593 g/mol. The largest absolute Gasteiger partial charge is 0.490 e. The summed E-state index contributed by atoms with van der Waals surface area (Å²) < 4.78 is 26.8. The van der Waals surface area contributed by atoms with Crippen LogP contribution < -0.4 is 25.5 Å². The Balaban J connectivity index is 1.37. The number of urea groups is 1. The molecule has 4 rings (SSSR count). The fourth-order valence-electron chi connectivity index (χ4n) is 4.27. The number of carbonyl (C=O) groups excluding carboxylic acids is 3. The van der Waals surface area contributed by atoms with Gasteiger partial charge in [-0.3, -0.25) is 5.43 Å². The fraction of sp³-hybridized carbons (Fsp3) is 0.267. The Morgan fingerprint density at radius 1 is 1.05 bits per heavy atom. The number of rotatable bonds is 12. The molecular weight excluding hydrogens is 560 g/mol. The van der Waals surface area contributed by atoms with Crippen LogP contribution in [0.5, 0.6) is 11.5 Å². The van der Waals surface area contributed by atoms with Gasteiger partial charge in [0.05, 0.1) is 44.2 Å². The van der Waals surface area contributed by atoms with Crippen LogP contribution in [0.2, 0.25) is 0 Å². The van der Waals surface area contributed by atoms with Gasteiger partial charge in [0.25, 0.3) is 0 Å². The van der Waals surface area contributed by atoms with Crippen molar-refractivity contribution in [3.05, 3.63) is 82.8 Å². The van der Waals surface area contributed by atoms with Crippen LogP contribution in [0.1, 0.15) is 41.6 Å². The third-order valence-corrected chi connectivity index (χ3v) is 6.30. The van der Waals surface area contributed by atoms with Gasteiger partial charge in [-0.2, -0.15) is 5.10 Å². The van der Waals surface area contributed by atoms with E-state index in [0.29, 0.717) is 46.5 Å². The molecule has 2 heterocycles. The Bertz CT molecular complexity index is 1530. The predicted octanol–water partition coefficient (Wildman–Crippen LogP) is 3.25. The smallest absolute Gasteiger partial charge is 0.337 e. The summed E-state index contributed by atoms with van der Waals surface area (Å²) in [4.78, 5) is 36.1. The lowest BCUT2D eigenvalue weighted by molar-refractivity contribution is -0.136. The SMILES string of the molecule is CCOc1cc([C@H]2NC(=O)NC(C)=C2C(=O)OC)ccc1OC[C@@H](O)N/N=C/c1ccc(-c2ccc(C(=O)OC)cc2)o1. The van der Waals surface area contributed by atoms with Gasteiger partial charge in [-0.15, -0.1) is 0 Å². The summed E-state index contributed by atoms with van der Waals surface area (Å²) in [5.41, 5.74) is 4.97. The Labute approximate surface area is 247 Å². The molecule has 3 aromatic rings. The molecule has 0 aliphatic carbocycles. The number of ether oxygens (including phenoxy) is 4. The van der Waals surface area contributed by atoms with Crippen molar-refractivity contribution in [2.45, 2.75) is 26.1 Å². The Hall–Kier alpha value is -5.30. The summed E-state index contributed by atoms with van der Waals surface area (Å²) in [5, 5.41) is 19.7. The van der Waals surface area contributed by atoms with Crippen LogP contribution in [0.25, 0.3) is 11.3 Å². The van der Waals surface area contributed by atoms with Crippen LogP contribution in [0.4, 0.5) is 4.79 Å². The van der Waals surface area contributed by atoms with Crippen LogP contribution in [-0.2, 0) is 14.3 Å². The molecule has 1 aromatic heterocycles. The van der Waals surface area contributed by atoms with E-state index >= 15 is 0 Å². The normalized spacial score (nSPS) is 15.4. The maximum absolute atomic E-state index is 12.4. The first-order chi connectivity index (χ1) is 20.7. The first-order valence-electron chi connectivity index (χ1n) is 13.2. The molecule has 13 heteroatoms. The third kappa shape index (κ3) is 7.51. The first-order valence-corrected chi connectivity index (χ1v) is 13.2.